The highest BCUT2D eigenvalue weighted by molar-refractivity contribution is 4.81. The van der Waals surface area contributed by atoms with Gasteiger partial charge in [0.25, 0.3) is 0 Å². The molecule has 0 heterocycles. The van der Waals surface area contributed by atoms with Crippen molar-refractivity contribution in [3.63, 3.8) is 0 Å². The van der Waals surface area contributed by atoms with E-state index in [1.807, 2.05) is 0 Å². The predicted molar refractivity (Wildman–Crippen MR) is 54.9 cm³/mol. The molecule has 0 aromatic carbocycles. The fourth-order valence-corrected chi connectivity index (χ4v) is 2.69. The van der Waals surface area contributed by atoms with E-state index in [0.29, 0.717) is 25.7 Å². The second-order valence-electron chi connectivity index (χ2n) is 4.99. The van der Waals surface area contributed by atoms with Gasteiger partial charge in [0.2, 0.25) is 11.7 Å². The van der Waals surface area contributed by atoms with Gasteiger partial charge in [0.05, 0.1) is 0 Å². The number of alkyl halides is 2. The van der Waals surface area contributed by atoms with Crippen molar-refractivity contribution in [2.75, 3.05) is 0 Å². The Labute approximate surface area is 90.2 Å². The lowest BCUT2D eigenvalue weighted by atomic mass is 9.92. The second-order valence-corrected chi connectivity index (χ2v) is 4.99. The molecule has 15 heavy (non-hydrogen) atoms. The van der Waals surface area contributed by atoms with Gasteiger partial charge in [0, 0.05) is 25.7 Å². The average molecular weight is 218 g/mol. The topological polar surface area (TPSA) is 9.23 Å². The van der Waals surface area contributed by atoms with E-state index in [1.54, 1.807) is 0 Å². The van der Waals surface area contributed by atoms with Gasteiger partial charge in [0.15, 0.2) is 0 Å². The van der Waals surface area contributed by atoms with Crippen LogP contribution in [0.15, 0.2) is 0 Å². The summed E-state index contributed by atoms with van der Waals surface area (Å²) < 4.78 is 33.5. The summed E-state index contributed by atoms with van der Waals surface area (Å²) >= 11 is 0. The third-order valence-corrected chi connectivity index (χ3v) is 3.57. The highest BCUT2D eigenvalue weighted by atomic mass is 19.2. The number of halogens is 2. The molecule has 88 valence electrons. The number of hydrogen-bond acceptors (Lipinski definition) is 1. The van der Waals surface area contributed by atoms with Crippen LogP contribution in [0.4, 0.5) is 8.78 Å². The molecule has 0 aliphatic heterocycles. The normalized spacial score (nSPS) is 30.0. The maximum absolute atomic E-state index is 14.1. The van der Waals surface area contributed by atoms with Gasteiger partial charge in [-0.15, -0.1) is 0 Å². The molecule has 0 amide bonds. The van der Waals surface area contributed by atoms with E-state index in [2.05, 4.69) is 0 Å². The zero-order chi connectivity index (χ0) is 10.8. The maximum atomic E-state index is 14.1. The van der Waals surface area contributed by atoms with Crippen LogP contribution in [-0.2, 0) is 4.74 Å². The third-order valence-electron chi connectivity index (χ3n) is 3.57. The van der Waals surface area contributed by atoms with Crippen molar-refractivity contribution in [2.45, 2.75) is 75.9 Å². The SMILES string of the molecule is FC1(OC2(F)CCCCC2)CCCCC1. The highest BCUT2D eigenvalue weighted by Crippen LogP contribution is 2.42. The summed E-state index contributed by atoms with van der Waals surface area (Å²) in [7, 11) is 0. The Morgan fingerprint density at radius 1 is 0.600 bits per heavy atom. The molecule has 0 aromatic heterocycles. The monoisotopic (exact) mass is 218 g/mol. The molecular weight excluding hydrogens is 198 g/mol. The summed E-state index contributed by atoms with van der Waals surface area (Å²) in [4.78, 5) is 0. The molecule has 2 aliphatic carbocycles. The van der Waals surface area contributed by atoms with Crippen LogP contribution in [0.3, 0.4) is 0 Å². The van der Waals surface area contributed by atoms with Crippen molar-refractivity contribution in [1.29, 1.82) is 0 Å². The highest BCUT2D eigenvalue weighted by Gasteiger charge is 2.43. The molecule has 2 rings (SSSR count). The van der Waals surface area contributed by atoms with E-state index in [4.69, 9.17) is 4.74 Å². The molecule has 2 fully saturated rings. The average Bonchev–Trinajstić information content (AvgIpc) is 2.18. The largest absolute Gasteiger partial charge is 0.309 e. The molecule has 2 aliphatic rings. The molecule has 0 aromatic rings. The first-order chi connectivity index (χ1) is 7.12. The first-order valence-electron chi connectivity index (χ1n) is 6.20. The lowest BCUT2D eigenvalue weighted by Crippen LogP contribution is -2.41. The first-order valence-corrected chi connectivity index (χ1v) is 6.20. The quantitative estimate of drug-likeness (QED) is 0.672. The van der Waals surface area contributed by atoms with Crippen LogP contribution >= 0.6 is 0 Å². The Bertz CT molecular complexity index is 184. The van der Waals surface area contributed by atoms with Gasteiger partial charge in [-0.1, -0.05) is 12.8 Å². The third kappa shape index (κ3) is 2.90. The van der Waals surface area contributed by atoms with Crippen LogP contribution in [0.2, 0.25) is 0 Å². The first kappa shape index (κ1) is 11.3. The van der Waals surface area contributed by atoms with Crippen LogP contribution in [0, 0.1) is 0 Å². The molecule has 0 saturated heterocycles. The molecule has 0 spiro atoms. The minimum absolute atomic E-state index is 0.374. The number of rotatable bonds is 2. The van der Waals surface area contributed by atoms with E-state index in [-0.39, 0.29) is 0 Å². The van der Waals surface area contributed by atoms with Crippen molar-refractivity contribution in [3.05, 3.63) is 0 Å². The fourth-order valence-electron chi connectivity index (χ4n) is 2.69. The molecule has 0 atom stereocenters. The van der Waals surface area contributed by atoms with Gasteiger partial charge in [-0.3, -0.25) is 0 Å². The Morgan fingerprint density at radius 2 is 0.933 bits per heavy atom. The molecule has 0 radical (unpaired) electrons. The van der Waals surface area contributed by atoms with E-state index in [9.17, 15) is 8.78 Å². The predicted octanol–water partition coefficient (Wildman–Crippen LogP) is 4.26. The van der Waals surface area contributed by atoms with Crippen molar-refractivity contribution in [1.82, 2.24) is 0 Å². The fraction of sp³-hybridized carbons (Fsp3) is 1.00. The summed E-state index contributed by atoms with van der Waals surface area (Å²) in [6.07, 6.45) is 6.90. The van der Waals surface area contributed by atoms with Gasteiger partial charge in [-0.2, -0.15) is 0 Å². The van der Waals surface area contributed by atoms with E-state index in [1.165, 1.54) is 0 Å². The summed E-state index contributed by atoms with van der Waals surface area (Å²) in [5.41, 5.74) is 0. The lowest BCUT2D eigenvalue weighted by Gasteiger charge is -2.38. The minimum Gasteiger partial charge on any atom is -0.309 e. The smallest absolute Gasteiger partial charge is 0.212 e. The van der Waals surface area contributed by atoms with Gasteiger partial charge >= 0.3 is 0 Å². The van der Waals surface area contributed by atoms with Gasteiger partial charge in [-0.05, 0) is 25.7 Å². The molecule has 0 unspecified atom stereocenters. The van der Waals surface area contributed by atoms with Crippen LogP contribution in [0.25, 0.3) is 0 Å². The lowest BCUT2D eigenvalue weighted by molar-refractivity contribution is -0.293. The summed E-state index contributed by atoms with van der Waals surface area (Å²) in [5.74, 6) is -3.35. The molecular formula is C12H20F2O. The summed E-state index contributed by atoms with van der Waals surface area (Å²) in [6.45, 7) is 0. The summed E-state index contributed by atoms with van der Waals surface area (Å²) in [5, 5.41) is 0. The van der Waals surface area contributed by atoms with E-state index < -0.39 is 11.7 Å². The van der Waals surface area contributed by atoms with Gasteiger partial charge < -0.3 is 4.74 Å². The van der Waals surface area contributed by atoms with Crippen molar-refractivity contribution < 1.29 is 13.5 Å². The zero-order valence-electron chi connectivity index (χ0n) is 9.24. The zero-order valence-corrected chi connectivity index (χ0v) is 9.24. The Balaban J connectivity index is 1.93. The molecule has 1 nitrogen and oxygen atoms in total. The van der Waals surface area contributed by atoms with Crippen LogP contribution in [0.1, 0.15) is 64.2 Å². The molecule has 3 heteroatoms. The second kappa shape index (κ2) is 4.36. The van der Waals surface area contributed by atoms with Crippen LogP contribution < -0.4 is 0 Å². The number of ether oxygens (including phenoxy) is 1. The van der Waals surface area contributed by atoms with Crippen molar-refractivity contribution >= 4 is 0 Å². The Morgan fingerprint density at radius 3 is 1.27 bits per heavy atom. The Kier molecular flexibility index (Phi) is 3.29. The van der Waals surface area contributed by atoms with Crippen molar-refractivity contribution in [2.24, 2.45) is 0 Å². The van der Waals surface area contributed by atoms with E-state index >= 15 is 0 Å². The molecule has 0 N–H and O–H groups in total. The van der Waals surface area contributed by atoms with Crippen LogP contribution in [-0.4, -0.2) is 11.7 Å². The minimum atomic E-state index is -1.68. The maximum Gasteiger partial charge on any atom is 0.212 e. The van der Waals surface area contributed by atoms with Gasteiger partial charge in [-0.25, -0.2) is 8.78 Å². The van der Waals surface area contributed by atoms with Crippen LogP contribution in [0.5, 0.6) is 0 Å². The summed E-state index contributed by atoms with van der Waals surface area (Å²) in [6, 6.07) is 0. The van der Waals surface area contributed by atoms with Crippen molar-refractivity contribution in [3.8, 4) is 0 Å². The van der Waals surface area contributed by atoms with Gasteiger partial charge in [0.1, 0.15) is 0 Å². The molecule has 2 saturated carbocycles. The van der Waals surface area contributed by atoms with E-state index in [0.717, 1.165) is 38.5 Å². The molecule has 0 bridgehead atoms. The number of hydrogen-bond donors (Lipinski definition) is 0. The Hall–Kier alpha value is -0.180. The standard InChI is InChI=1S/C12H20F2O/c13-11(7-3-1-4-8-11)15-12(14)9-5-2-6-10-12/h1-10H2.